The molecule has 0 aliphatic heterocycles. The molecule has 1 saturated carbocycles. The maximum atomic E-state index is 11.6. The Morgan fingerprint density at radius 1 is 1.10 bits per heavy atom. The zero-order valence-corrected chi connectivity index (χ0v) is 13.4. The molecule has 3 amide bonds. The van der Waals surface area contributed by atoms with E-state index in [1.807, 2.05) is 24.3 Å². The highest BCUT2D eigenvalue weighted by molar-refractivity contribution is 9.10. The van der Waals surface area contributed by atoms with Crippen molar-refractivity contribution in [3.8, 4) is 0 Å². The van der Waals surface area contributed by atoms with Gasteiger partial charge in [0.25, 0.3) is 0 Å². The van der Waals surface area contributed by atoms with Crippen molar-refractivity contribution in [2.75, 3.05) is 5.75 Å². The lowest BCUT2D eigenvalue weighted by Gasteiger charge is -2.07. The number of rotatable bonds is 4. The highest BCUT2D eigenvalue weighted by Gasteiger charge is 2.26. The van der Waals surface area contributed by atoms with Crippen LogP contribution in [0.15, 0.2) is 33.6 Å². The van der Waals surface area contributed by atoms with Crippen LogP contribution in [0.4, 0.5) is 0 Å². The van der Waals surface area contributed by atoms with Crippen molar-refractivity contribution < 1.29 is 14.4 Å². The van der Waals surface area contributed by atoms with E-state index in [9.17, 15) is 14.4 Å². The van der Waals surface area contributed by atoms with E-state index in [0.717, 1.165) is 22.2 Å². The topological polar surface area (TPSA) is 87.3 Å². The Morgan fingerprint density at radius 2 is 1.76 bits per heavy atom. The molecule has 1 aliphatic rings. The van der Waals surface area contributed by atoms with E-state index in [-0.39, 0.29) is 17.7 Å². The second-order valence-electron chi connectivity index (χ2n) is 4.49. The van der Waals surface area contributed by atoms with Crippen LogP contribution >= 0.6 is 27.7 Å². The largest absolute Gasteiger partial charge is 0.345 e. The van der Waals surface area contributed by atoms with Gasteiger partial charge in [0.1, 0.15) is 0 Å². The lowest BCUT2D eigenvalue weighted by molar-refractivity contribution is -0.140. The molecule has 6 nitrogen and oxygen atoms in total. The number of carbonyl (C=O) groups excluding carboxylic acids is 3. The minimum atomic E-state index is -0.858. The Labute approximate surface area is 134 Å². The van der Waals surface area contributed by atoms with Crippen LogP contribution in [0.2, 0.25) is 0 Å². The fourth-order valence-corrected chi connectivity index (χ4v) is 2.34. The van der Waals surface area contributed by atoms with Crippen LogP contribution in [0, 0.1) is 0 Å². The van der Waals surface area contributed by atoms with Crippen molar-refractivity contribution in [3.05, 3.63) is 28.7 Å². The van der Waals surface area contributed by atoms with E-state index in [1.165, 1.54) is 11.8 Å². The summed E-state index contributed by atoms with van der Waals surface area (Å²) in [6.45, 7) is 0. The third-order valence-electron chi connectivity index (χ3n) is 2.62. The summed E-state index contributed by atoms with van der Waals surface area (Å²) in [6, 6.07) is 7.62. The summed E-state index contributed by atoms with van der Waals surface area (Å²) in [5.74, 6) is -1.82. The SMILES string of the molecule is O=C(CSc1ccc(Br)cc1)NNC(=O)C(=O)NC1CC1. The van der Waals surface area contributed by atoms with Crippen LogP contribution in [-0.2, 0) is 14.4 Å². The number of hydrogen-bond acceptors (Lipinski definition) is 4. The fourth-order valence-electron chi connectivity index (χ4n) is 1.38. The van der Waals surface area contributed by atoms with Crippen molar-refractivity contribution in [2.45, 2.75) is 23.8 Å². The standard InChI is InChI=1S/C13H14BrN3O3S/c14-8-1-5-10(6-2-8)21-7-11(18)16-17-13(20)12(19)15-9-3-4-9/h1-2,5-6,9H,3-4,7H2,(H,15,19)(H,16,18)(H,17,20). The van der Waals surface area contributed by atoms with Crippen LogP contribution in [0.3, 0.4) is 0 Å². The van der Waals surface area contributed by atoms with Crippen molar-refractivity contribution in [2.24, 2.45) is 0 Å². The number of hydrazine groups is 1. The van der Waals surface area contributed by atoms with Gasteiger partial charge >= 0.3 is 11.8 Å². The van der Waals surface area contributed by atoms with Gasteiger partial charge in [-0.05, 0) is 37.1 Å². The number of amides is 3. The van der Waals surface area contributed by atoms with E-state index in [2.05, 4.69) is 32.1 Å². The predicted octanol–water partition coefficient (Wildman–Crippen LogP) is 0.967. The monoisotopic (exact) mass is 371 g/mol. The molecule has 0 radical (unpaired) electrons. The first-order chi connectivity index (χ1) is 10.0. The molecule has 8 heteroatoms. The van der Waals surface area contributed by atoms with Crippen LogP contribution in [0.5, 0.6) is 0 Å². The number of halogens is 1. The zero-order chi connectivity index (χ0) is 15.2. The lowest BCUT2D eigenvalue weighted by atomic mass is 10.4. The first kappa shape index (κ1) is 15.8. The van der Waals surface area contributed by atoms with Gasteiger partial charge in [-0.25, -0.2) is 0 Å². The molecular weight excluding hydrogens is 358 g/mol. The molecule has 112 valence electrons. The van der Waals surface area contributed by atoms with Crippen molar-refractivity contribution in [3.63, 3.8) is 0 Å². The van der Waals surface area contributed by atoms with Crippen LogP contribution in [-0.4, -0.2) is 29.5 Å². The molecule has 3 N–H and O–H groups in total. The molecule has 1 aliphatic carbocycles. The summed E-state index contributed by atoms with van der Waals surface area (Å²) in [7, 11) is 0. The summed E-state index contributed by atoms with van der Waals surface area (Å²) in [5.41, 5.74) is 4.30. The van der Waals surface area contributed by atoms with Gasteiger partial charge in [-0.3, -0.25) is 25.2 Å². The molecule has 0 saturated heterocycles. The van der Waals surface area contributed by atoms with Gasteiger partial charge in [0.2, 0.25) is 5.91 Å². The summed E-state index contributed by atoms with van der Waals surface area (Å²) >= 11 is 4.66. The molecule has 0 spiro atoms. The minimum Gasteiger partial charge on any atom is -0.345 e. The van der Waals surface area contributed by atoms with Crippen LogP contribution < -0.4 is 16.2 Å². The molecule has 1 aromatic rings. The average Bonchev–Trinajstić information content (AvgIpc) is 3.28. The second kappa shape index (κ2) is 7.46. The highest BCUT2D eigenvalue weighted by atomic mass is 79.9. The van der Waals surface area contributed by atoms with E-state index < -0.39 is 11.8 Å². The normalized spacial score (nSPS) is 13.4. The summed E-state index contributed by atoms with van der Waals surface area (Å²) in [6.07, 6.45) is 1.80. The Bertz CT molecular complexity index is 546. The van der Waals surface area contributed by atoms with Gasteiger partial charge < -0.3 is 5.32 Å². The van der Waals surface area contributed by atoms with Crippen LogP contribution in [0.25, 0.3) is 0 Å². The Balaban J connectivity index is 1.65. The van der Waals surface area contributed by atoms with Gasteiger partial charge in [-0.15, -0.1) is 11.8 Å². The summed E-state index contributed by atoms with van der Waals surface area (Å²) in [5, 5.41) is 2.53. The van der Waals surface area contributed by atoms with Gasteiger partial charge in [-0.2, -0.15) is 0 Å². The van der Waals surface area contributed by atoms with Crippen molar-refractivity contribution >= 4 is 45.4 Å². The maximum Gasteiger partial charge on any atom is 0.327 e. The number of carbonyl (C=O) groups is 3. The van der Waals surface area contributed by atoms with E-state index in [1.54, 1.807) is 0 Å². The fraction of sp³-hybridized carbons (Fsp3) is 0.308. The second-order valence-corrected chi connectivity index (χ2v) is 6.46. The third kappa shape index (κ3) is 5.76. The van der Waals surface area contributed by atoms with Gasteiger partial charge in [0.05, 0.1) is 5.75 Å². The molecule has 0 heterocycles. The number of thioether (sulfide) groups is 1. The first-order valence-corrected chi connectivity index (χ1v) is 8.10. The smallest absolute Gasteiger partial charge is 0.327 e. The van der Waals surface area contributed by atoms with E-state index >= 15 is 0 Å². The zero-order valence-electron chi connectivity index (χ0n) is 11.0. The molecule has 0 bridgehead atoms. The Morgan fingerprint density at radius 3 is 2.38 bits per heavy atom. The summed E-state index contributed by atoms with van der Waals surface area (Å²) in [4.78, 5) is 35.2. The maximum absolute atomic E-state index is 11.6. The predicted molar refractivity (Wildman–Crippen MR) is 82.3 cm³/mol. The van der Waals surface area contributed by atoms with Crippen molar-refractivity contribution in [1.29, 1.82) is 0 Å². The molecule has 0 unspecified atom stereocenters. The lowest BCUT2D eigenvalue weighted by Crippen LogP contribution is -2.49. The van der Waals surface area contributed by atoms with Crippen molar-refractivity contribution in [1.82, 2.24) is 16.2 Å². The highest BCUT2D eigenvalue weighted by Crippen LogP contribution is 2.20. The Hall–Kier alpha value is -1.54. The average molecular weight is 372 g/mol. The first-order valence-electron chi connectivity index (χ1n) is 6.32. The van der Waals surface area contributed by atoms with Gasteiger partial charge in [0.15, 0.2) is 0 Å². The molecular formula is C13H14BrN3O3S. The van der Waals surface area contributed by atoms with Gasteiger partial charge in [-0.1, -0.05) is 15.9 Å². The number of benzene rings is 1. The third-order valence-corrected chi connectivity index (χ3v) is 4.16. The van der Waals surface area contributed by atoms with E-state index in [4.69, 9.17) is 0 Å². The molecule has 21 heavy (non-hydrogen) atoms. The molecule has 0 aromatic heterocycles. The number of hydrogen-bond donors (Lipinski definition) is 3. The quantitative estimate of drug-likeness (QED) is 0.418. The molecule has 1 fully saturated rings. The minimum absolute atomic E-state index is 0.104. The van der Waals surface area contributed by atoms with E-state index in [0.29, 0.717) is 0 Å². The van der Waals surface area contributed by atoms with Gasteiger partial charge in [0, 0.05) is 15.4 Å². The molecule has 2 rings (SSSR count). The molecule has 1 aromatic carbocycles. The number of nitrogens with one attached hydrogen (secondary N) is 3. The summed E-state index contributed by atoms with van der Waals surface area (Å²) < 4.78 is 0.963. The Kier molecular flexibility index (Phi) is 5.63. The molecule has 0 atom stereocenters. The van der Waals surface area contributed by atoms with Crippen LogP contribution in [0.1, 0.15) is 12.8 Å².